The van der Waals surface area contributed by atoms with E-state index >= 15 is 0 Å². The Labute approximate surface area is 86.9 Å². The van der Waals surface area contributed by atoms with Crippen molar-refractivity contribution in [2.45, 2.75) is 19.4 Å². The normalized spacial score (nSPS) is 28.2. The highest BCUT2D eigenvalue weighted by Crippen LogP contribution is 2.26. The molecule has 2 unspecified atom stereocenters. The molecule has 0 spiro atoms. The molecule has 4 heteroatoms. The van der Waals surface area contributed by atoms with Gasteiger partial charge in [-0.15, -0.1) is 11.3 Å². The van der Waals surface area contributed by atoms with Crippen molar-refractivity contribution in [1.82, 2.24) is 4.98 Å². The molecule has 1 aromatic rings. The number of nitrogens with zero attached hydrogens (tertiary/aromatic N) is 1. The Morgan fingerprint density at radius 1 is 1.62 bits per heavy atom. The topological polar surface area (TPSA) is 38.9 Å². The summed E-state index contributed by atoms with van der Waals surface area (Å²) in [5.74, 6) is 2.98. The van der Waals surface area contributed by atoms with Crippen molar-refractivity contribution in [3.8, 4) is 0 Å². The summed E-state index contributed by atoms with van der Waals surface area (Å²) in [6, 6.07) is 0.384. The van der Waals surface area contributed by atoms with E-state index in [-0.39, 0.29) is 0 Å². The summed E-state index contributed by atoms with van der Waals surface area (Å²) in [6.07, 6.45) is 1.08. The van der Waals surface area contributed by atoms with Crippen LogP contribution < -0.4 is 5.73 Å². The highest BCUT2D eigenvalue weighted by molar-refractivity contribution is 7.99. The van der Waals surface area contributed by atoms with E-state index in [2.05, 4.69) is 10.4 Å². The molecule has 13 heavy (non-hydrogen) atoms. The standard InChI is InChI=1S/C9H14N2S2/c1-6-3-13-9(11-6)2-7-4-12-5-8(7)10/h3,7-8H,2,4-5,10H2,1H3. The number of aromatic nitrogens is 1. The second-order valence-electron chi connectivity index (χ2n) is 3.55. The maximum absolute atomic E-state index is 5.99. The predicted molar refractivity (Wildman–Crippen MR) is 59.3 cm³/mol. The second-order valence-corrected chi connectivity index (χ2v) is 5.57. The molecule has 0 saturated carbocycles. The minimum absolute atomic E-state index is 0.384. The van der Waals surface area contributed by atoms with Gasteiger partial charge in [-0.05, 0) is 18.6 Å². The lowest BCUT2D eigenvalue weighted by Gasteiger charge is -2.11. The van der Waals surface area contributed by atoms with Crippen LogP contribution in [0.3, 0.4) is 0 Å². The predicted octanol–water partition coefficient (Wildman–Crippen LogP) is 1.68. The zero-order valence-corrected chi connectivity index (χ0v) is 9.33. The second kappa shape index (κ2) is 3.98. The molecule has 0 radical (unpaired) electrons. The van der Waals surface area contributed by atoms with E-state index in [0.717, 1.165) is 17.9 Å². The number of hydrogen-bond donors (Lipinski definition) is 1. The molecule has 1 aliphatic rings. The SMILES string of the molecule is Cc1csc(CC2CSCC2N)n1. The molecular formula is C9H14N2S2. The van der Waals surface area contributed by atoms with Crippen LogP contribution in [-0.2, 0) is 6.42 Å². The van der Waals surface area contributed by atoms with Gasteiger partial charge in [0.05, 0.1) is 5.01 Å². The highest BCUT2D eigenvalue weighted by Gasteiger charge is 2.25. The van der Waals surface area contributed by atoms with E-state index in [0.29, 0.717) is 12.0 Å². The van der Waals surface area contributed by atoms with Gasteiger partial charge in [0.25, 0.3) is 0 Å². The molecule has 72 valence electrons. The third-order valence-corrected chi connectivity index (χ3v) is 4.62. The fourth-order valence-electron chi connectivity index (χ4n) is 1.55. The van der Waals surface area contributed by atoms with Crippen LogP contribution in [0.15, 0.2) is 5.38 Å². The van der Waals surface area contributed by atoms with Crippen LogP contribution in [0.2, 0.25) is 0 Å². The Balaban J connectivity index is 1.97. The van der Waals surface area contributed by atoms with Crippen LogP contribution in [0.5, 0.6) is 0 Å². The molecule has 0 aliphatic carbocycles. The van der Waals surface area contributed by atoms with Crippen molar-refractivity contribution in [2.24, 2.45) is 11.7 Å². The zero-order chi connectivity index (χ0) is 9.26. The number of hydrogen-bond acceptors (Lipinski definition) is 4. The molecule has 1 aliphatic heterocycles. The van der Waals surface area contributed by atoms with Crippen molar-refractivity contribution < 1.29 is 0 Å². The molecule has 2 atom stereocenters. The molecular weight excluding hydrogens is 200 g/mol. The van der Waals surface area contributed by atoms with Crippen LogP contribution in [0.4, 0.5) is 0 Å². The summed E-state index contributed by atoms with van der Waals surface area (Å²) in [4.78, 5) is 4.46. The minimum Gasteiger partial charge on any atom is -0.327 e. The molecule has 2 heterocycles. The van der Waals surface area contributed by atoms with Crippen LogP contribution in [0.25, 0.3) is 0 Å². The summed E-state index contributed by atoms with van der Waals surface area (Å²) in [5.41, 5.74) is 7.13. The van der Waals surface area contributed by atoms with E-state index in [9.17, 15) is 0 Å². The van der Waals surface area contributed by atoms with Gasteiger partial charge in [-0.25, -0.2) is 4.98 Å². The van der Waals surface area contributed by atoms with Gasteiger partial charge in [0.1, 0.15) is 0 Å². The molecule has 1 aromatic heterocycles. The van der Waals surface area contributed by atoms with Gasteiger partial charge in [-0.3, -0.25) is 0 Å². The largest absolute Gasteiger partial charge is 0.327 e. The maximum Gasteiger partial charge on any atom is 0.0931 e. The molecule has 1 fully saturated rings. The number of rotatable bonds is 2. The first-order valence-electron chi connectivity index (χ1n) is 4.50. The number of nitrogens with two attached hydrogens (primary N) is 1. The first kappa shape index (κ1) is 9.49. The fraction of sp³-hybridized carbons (Fsp3) is 0.667. The average Bonchev–Trinajstić information content (AvgIpc) is 2.64. The van der Waals surface area contributed by atoms with Crippen LogP contribution >= 0.6 is 23.1 Å². The van der Waals surface area contributed by atoms with E-state index in [1.807, 2.05) is 18.7 Å². The van der Waals surface area contributed by atoms with Gasteiger partial charge in [0.2, 0.25) is 0 Å². The van der Waals surface area contributed by atoms with Crippen molar-refractivity contribution in [3.05, 3.63) is 16.1 Å². The number of thioether (sulfide) groups is 1. The quantitative estimate of drug-likeness (QED) is 0.814. The van der Waals surface area contributed by atoms with E-state index in [4.69, 9.17) is 5.73 Å². The van der Waals surface area contributed by atoms with Crippen molar-refractivity contribution in [1.29, 1.82) is 0 Å². The molecule has 0 aromatic carbocycles. The summed E-state index contributed by atoms with van der Waals surface area (Å²) in [6.45, 7) is 2.04. The molecule has 0 bridgehead atoms. The molecule has 1 saturated heterocycles. The number of aryl methyl sites for hydroxylation is 1. The molecule has 2 nitrogen and oxygen atoms in total. The zero-order valence-electron chi connectivity index (χ0n) is 7.69. The Bertz CT molecular complexity index is 285. The summed E-state index contributed by atoms with van der Waals surface area (Å²) >= 11 is 3.73. The smallest absolute Gasteiger partial charge is 0.0931 e. The summed E-state index contributed by atoms with van der Waals surface area (Å²) in [5, 5.41) is 3.36. The van der Waals surface area contributed by atoms with Crippen LogP contribution in [0, 0.1) is 12.8 Å². The first-order valence-corrected chi connectivity index (χ1v) is 6.53. The highest BCUT2D eigenvalue weighted by atomic mass is 32.2. The summed E-state index contributed by atoms with van der Waals surface area (Å²) < 4.78 is 0. The lowest BCUT2D eigenvalue weighted by atomic mass is 10.0. The fourth-order valence-corrected chi connectivity index (χ4v) is 3.76. The Morgan fingerprint density at radius 3 is 3.00 bits per heavy atom. The molecule has 0 amide bonds. The third-order valence-electron chi connectivity index (χ3n) is 2.35. The van der Waals surface area contributed by atoms with E-state index in [1.54, 1.807) is 11.3 Å². The Morgan fingerprint density at radius 2 is 2.46 bits per heavy atom. The van der Waals surface area contributed by atoms with Crippen molar-refractivity contribution in [2.75, 3.05) is 11.5 Å². The van der Waals surface area contributed by atoms with Crippen molar-refractivity contribution >= 4 is 23.1 Å². The Kier molecular flexibility index (Phi) is 2.91. The van der Waals surface area contributed by atoms with Crippen LogP contribution in [-0.4, -0.2) is 22.5 Å². The van der Waals surface area contributed by atoms with Gasteiger partial charge in [0.15, 0.2) is 0 Å². The lowest BCUT2D eigenvalue weighted by Crippen LogP contribution is -2.29. The maximum atomic E-state index is 5.99. The number of thiazole rings is 1. The first-order chi connectivity index (χ1) is 6.25. The average molecular weight is 214 g/mol. The Hall–Kier alpha value is -0.0600. The van der Waals surface area contributed by atoms with Crippen molar-refractivity contribution in [3.63, 3.8) is 0 Å². The van der Waals surface area contributed by atoms with Gasteiger partial charge < -0.3 is 5.73 Å². The lowest BCUT2D eigenvalue weighted by molar-refractivity contribution is 0.514. The van der Waals surface area contributed by atoms with Gasteiger partial charge >= 0.3 is 0 Å². The van der Waals surface area contributed by atoms with Gasteiger partial charge in [0, 0.05) is 29.3 Å². The van der Waals surface area contributed by atoms with Gasteiger partial charge in [-0.1, -0.05) is 0 Å². The summed E-state index contributed by atoms with van der Waals surface area (Å²) in [7, 11) is 0. The van der Waals surface area contributed by atoms with Crippen LogP contribution in [0.1, 0.15) is 10.7 Å². The molecule has 2 N–H and O–H groups in total. The third kappa shape index (κ3) is 2.24. The molecule has 2 rings (SSSR count). The van der Waals surface area contributed by atoms with E-state index < -0.39 is 0 Å². The van der Waals surface area contributed by atoms with Gasteiger partial charge in [-0.2, -0.15) is 11.8 Å². The minimum atomic E-state index is 0.384. The monoisotopic (exact) mass is 214 g/mol. The van der Waals surface area contributed by atoms with E-state index in [1.165, 1.54) is 10.8 Å².